The first-order valence-corrected chi connectivity index (χ1v) is 17.1. The van der Waals surface area contributed by atoms with Gasteiger partial charge in [-0.2, -0.15) is 0 Å². The lowest BCUT2D eigenvalue weighted by Crippen LogP contribution is -2.50. The van der Waals surface area contributed by atoms with Gasteiger partial charge in [0.15, 0.2) is 0 Å². The van der Waals surface area contributed by atoms with Crippen LogP contribution in [0, 0.1) is 0 Å². The van der Waals surface area contributed by atoms with Gasteiger partial charge in [-0.15, -0.1) is 21.9 Å². The third kappa shape index (κ3) is 5.02. The molecule has 0 atom stereocenters. The van der Waals surface area contributed by atoms with Gasteiger partial charge in [0.25, 0.3) is 0 Å². The molecule has 0 amide bonds. The summed E-state index contributed by atoms with van der Waals surface area (Å²) in [5.74, 6) is 0.815. The van der Waals surface area contributed by atoms with E-state index in [2.05, 4.69) is 16.7 Å². The molecule has 2 nitrogen and oxygen atoms in total. The molecule has 16 radical (unpaired) electrons. The van der Waals surface area contributed by atoms with Crippen LogP contribution in [0.5, 0.6) is 0 Å². The van der Waals surface area contributed by atoms with Crippen molar-refractivity contribution in [2.75, 3.05) is 0 Å². The van der Waals surface area contributed by atoms with E-state index in [4.69, 9.17) is 67.8 Å². The predicted molar refractivity (Wildman–Crippen MR) is 233 cm³/mol. The maximum absolute atomic E-state index is 6.96. The molecule has 0 aliphatic heterocycles. The van der Waals surface area contributed by atoms with Crippen molar-refractivity contribution in [3.05, 3.63) is 121 Å². The first kappa shape index (κ1) is 33.4. The molecule has 0 bridgehead atoms. The minimum atomic E-state index is 0.170. The summed E-state index contributed by atoms with van der Waals surface area (Å²) in [5, 5.41) is 4.39. The van der Waals surface area contributed by atoms with Crippen molar-refractivity contribution in [1.82, 2.24) is 9.55 Å². The molecular formula is C43H20B8N2. The van der Waals surface area contributed by atoms with Gasteiger partial charge >= 0.3 is 0 Å². The van der Waals surface area contributed by atoms with E-state index in [1.807, 2.05) is 109 Å². The van der Waals surface area contributed by atoms with Gasteiger partial charge in [-0.25, -0.2) is 4.98 Å². The van der Waals surface area contributed by atoms with Gasteiger partial charge in [-0.1, -0.05) is 113 Å². The van der Waals surface area contributed by atoms with Crippen molar-refractivity contribution in [3.63, 3.8) is 0 Å². The number of hydrogen-bond donors (Lipinski definition) is 0. The molecule has 0 aliphatic rings. The van der Waals surface area contributed by atoms with Crippen molar-refractivity contribution >= 4 is 150 Å². The number of benzene rings is 8. The summed E-state index contributed by atoms with van der Waals surface area (Å²) in [7, 11) is 54.2. The van der Waals surface area contributed by atoms with Gasteiger partial charge in [-0.3, -0.25) is 4.57 Å². The topological polar surface area (TPSA) is 17.8 Å². The van der Waals surface area contributed by atoms with Gasteiger partial charge in [0.1, 0.15) is 68.6 Å². The summed E-state index contributed by atoms with van der Waals surface area (Å²) < 4.78 is 2.14. The van der Waals surface area contributed by atoms with E-state index in [1.54, 1.807) is 0 Å². The Balaban J connectivity index is 1.40. The SMILES string of the molecule is [B]c1c([B])c([B])c2c(-c3ccc4ccccc4c3)c3c([B])c([B])c([B])c([B])c3c(-c3ccc(-n4c(-c5ccccc5)nc5ccccc54)cc3)c2c1[B]. The molecule has 0 unspecified atom stereocenters. The fourth-order valence-electron chi connectivity index (χ4n) is 7.71. The number of hydrogen-bond acceptors (Lipinski definition) is 1. The first-order chi connectivity index (χ1) is 25.7. The third-order valence-corrected chi connectivity index (χ3v) is 10.4. The van der Waals surface area contributed by atoms with E-state index in [1.165, 1.54) is 0 Å². The molecule has 1 aromatic heterocycles. The summed E-state index contributed by atoms with van der Waals surface area (Å²) >= 11 is 0. The molecule has 0 aliphatic carbocycles. The molecule has 0 saturated carbocycles. The molecule has 226 valence electrons. The highest BCUT2D eigenvalue weighted by atomic mass is 15.1. The van der Waals surface area contributed by atoms with Gasteiger partial charge < -0.3 is 0 Å². The zero-order chi connectivity index (χ0) is 36.7. The van der Waals surface area contributed by atoms with Crippen LogP contribution in [0.2, 0.25) is 0 Å². The predicted octanol–water partition coefficient (Wildman–Crippen LogP) is 1.84. The normalized spacial score (nSPS) is 11.6. The summed E-state index contributed by atoms with van der Waals surface area (Å²) in [6.07, 6.45) is 0. The maximum Gasteiger partial charge on any atom is 0.145 e. The minimum Gasteiger partial charge on any atom is -0.292 e. The van der Waals surface area contributed by atoms with Crippen molar-refractivity contribution in [1.29, 1.82) is 0 Å². The van der Waals surface area contributed by atoms with Gasteiger partial charge in [0.2, 0.25) is 0 Å². The molecule has 1 heterocycles. The molecule has 53 heavy (non-hydrogen) atoms. The second kappa shape index (κ2) is 12.6. The van der Waals surface area contributed by atoms with E-state index in [0.29, 0.717) is 32.7 Å². The average molecular weight is 651 g/mol. The van der Waals surface area contributed by atoms with Crippen LogP contribution in [-0.4, -0.2) is 72.3 Å². The maximum atomic E-state index is 6.96. The average Bonchev–Trinajstić information content (AvgIpc) is 3.59. The summed E-state index contributed by atoms with van der Waals surface area (Å²) in [4.78, 5) is 5.01. The number of nitrogens with zero attached hydrogens (tertiary/aromatic N) is 2. The molecule has 0 fully saturated rings. The van der Waals surface area contributed by atoms with E-state index >= 15 is 0 Å². The number of rotatable bonds is 4. The lowest BCUT2D eigenvalue weighted by Gasteiger charge is -2.28. The van der Waals surface area contributed by atoms with Crippen molar-refractivity contribution < 1.29 is 0 Å². The first-order valence-electron chi connectivity index (χ1n) is 17.1. The van der Waals surface area contributed by atoms with Gasteiger partial charge in [-0.05, 0) is 84.9 Å². The number of para-hydroxylation sites is 2. The number of aromatic nitrogens is 2. The zero-order valence-electron chi connectivity index (χ0n) is 28.6. The fraction of sp³-hybridized carbons (Fsp3) is 0. The molecular weight excluding hydrogens is 631 g/mol. The van der Waals surface area contributed by atoms with E-state index in [-0.39, 0.29) is 43.7 Å². The van der Waals surface area contributed by atoms with E-state index < -0.39 is 0 Å². The fourth-order valence-corrected chi connectivity index (χ4v) is 7.71. The van der Waals surface area contributed by atoms with Crippen LogP contribution >= 0.6 is 0 Å². The summed E-state index contributed by atoms with van der Waals surface area (Å²) in [6.45, 7) is 0. The molecule has 0 saturated heterocycles. The number of fused-ring (bicyclic) bond motifs is 4. The Bertz CT molecular complexity index is 2890. The Labute approximate surface area is 318 Å². The molecule has 9 rings (SSSR count). The van der Waals surface area contributed by atoms with Crippen LogP contribution in [0.3, 0.4) is 0 Å². The van der Waals surface area contributed by atoms with Gasteiger partial charge in [0.05, 0.1) is 11.0 Å². The van der Waals surface area contributed by atoms with Crippen molar-refractivity contribution in [2.24, 2.45) is 0 Å². The van der Waals surface area contributed by atoms with Crippen molar-refractivity contribution in [3.8, 4) is 39.3 Å². The van der Waals surface area contributed by atoms with Crippen LogP contribution in [0.15, 0.2) is 121 Å². The Kier molecular flexibility index (Phi) is 7.93. The molecule has 0 N–H and O–H groups in total. The smallest absolute Gasteiger partial charge is 0.145 e. The molecule has 8 aromatic carbocycles. The van der Waals surface area contributed by atoms with E-state index in [9.17, 15) is 0 Å². The quantitative estimate of drug-likeness (QED) is 0.210. The standard InChI is InChI=1S/C43H20B8N2/c44-35-31-29(22-16-18-26(19-17-22)53-28-13-7-6-12-27(28)52-43(53)23-9-2-1-3-10-23)32-34(38(47)42(51)40(49)36(32)45)30(33(31)37(46)41(50)39(35)48)25-15-14-21-8-4-5-11-24(21)20-25/h1-20H. The molecule has 9 aromatic rings. The number of imidazole rings is 1. The minimum absolute atomic E-state index is 0.170. The van der Waals surface area contributed by atoms with Crippen LogP contribution in [0.4, 0.5) is 0 Å². The molecule has 10 heteroatoms. The van der Waals surface area contributed by atoms with Gasteiger partial charge in [0, 0.05) is 11.3 Å². The molecule has 0 spiro atoms. The van der Waals surface area contributed by atoms with E-state index in [0.717, 1.165) is 50.0 Å². The Morgan fingerprint density at radius 3 is 1.43 bits per heavy atom. The second-order valence-electron chi connectivity index (χ2n) is 13.3. The second-order valence-corrected chi connectivity index (χ2v) is 13.3. The van der Waals surface area contributed by atoms with Crippen LogP contribution in [0.1, 0.15) is 0 Å². The largest absolute Gasteiger partial charge is 0.292 e. The van der Waals surface area contributed by atoms with Crippen molar-refractivity contribution in [2.45, 2.75) is 0 Å². The highest BCUT2D eigenvalue weighted by molar-refractivity contribution is 6.71. The Morgan fingerprint density at radius 1 is 0.377 bits per heavy atom. The Morgan fingerprint density at radius 2 is 0.849 bits per heavy atom. The highest BCUT2D eigenvalue weighted by Crippen LogP contribution is 2.41. The summed E-state index contributed by atoms with van der Waals surface area (Å²) in [6, 6.07) is 40.4. The summed E-state index contributed by atoms with van der Waals surface area (Å²) in [5.41, 5.74) is 8.37. The third-order valence-electron chi connectivity index (χ3n) is 10.4. The van der Waals surface area contributed by atoms with Crippen LogP contribution in [-0.2, 0) is 0 Å². The monoisotopic (exact) mass is 652 g/mol. The van der Waals surface area contributed by atoms with Crippen LogP contribution in [0.25, 0.3) is 82.7 Å². The highest BCUT2D eigenvalue weighted by Gasteiger charge is 2.25. The zero-order valence-corrected chi connectivity index (χ0v) is 28.6. The lowest BCUT2D eigenvalue weighted by atomic mass is 9.59. The van der Waals surface area contributed by atoms with Crippen LogP contribution < -0.4 is 43.7 Å². The lowest BCUT2D eigenvalue weighted by molar-refractivity contribution is 1.10. The Hall–Kier alpha value is -5.47.